The Morgan fingerprint density at radius 1 is 1.28 bits per heavy atom. The SMILES string of the molecule is N=C1CN(CCC2CCCCN2)c2ccccc21. The number of piperidine rings is 1. The second-order valence-electron chi connectivity index (χ2n) is 5.35. The molecule has 0 aromatic heterocycles. The van der Waals surface area contributed by atoms with Gasteiger partial charge in [0.25, 0.3) is 0 Å². The molecule has 2 heterocycles. The largest absolute Gasteiger partial charge is 0.365 e. The second kappa shape index (κ2) is 5.11. The Hall–Kier alpha value is -1.35. The number of nitrogens with one attached hydrogen (secondary N) is 2. The van der Waals surface area contributed by atoms with E-state index in [2.05, 4.69) is 28.4 Å². The minimum absolute atomic E-state index is 0.681. The quantitative estimate of drug-likeness (QED) is 0.855. The maximum absolute atomic E-state index is 8.03. The van der Waals surface area contributed by atoms with Crippen LogP contribution in [0, 0.1) is 5.41 Å². The lowest BCUT2D eigenvalue weighted by Crippen LogP contribution is -2.37. The summed E-state index contributed by atoms with van der Waals surface area (Å²) in [5.41, 5.74) is 3.13. The zero-order chi connectivity index (χ0) is 12.4. The van der Waals surface area contributed by atoms with Crippen molar-refractivity contribution in [3.05, 3.63) is 29.8 Å². The first-order valence-electron chi connectivity index (χ1n) is 7.00. The molecule has 1 atom stereocenters. The van der Waals surface area contributed by atoms with Crippen molar-refractivity contribution in [3.8, 4) is 0 Å². The van der Waals surface area contributed by atoms with Gasteiger partial charge in [-0.2, -0.15) is 0 Å². The van der Waals surface area contributed by atoms with Crippen LogP contribution in [-0.4, -0.2) is 31.4 Å². The van der Waals surface area contributed by atoms with E-state index in [1.165, 1.54) is 37.9 Å². The van der Waals surface area contributed by atoms with Crippen LogP contribution in [0.2, 0.25) is 0 Å². The van der Waals surface area contributed by atoms with Gasteiger partial charge in [-0.3, -0.25) is 0 Å². The molecule has 96 valence electrons. The van der Waals surface area contributed by atoms with Gasteiger partial charge in [0.1, 0.15) is 0 Å². The van der Waals surface area contributed by atoms with Gasteiger partial charge >= 0.3 is 0 Å². The highest BCUT2D eigenvalue weighted by Gasteiger charge is 2.23. The highest BCUT2D eigenvalue weighted by Crippen LogP contribution is 2.27. The van der Waals surface area contributed by atoms with Gasteiger partial charge in [0, 0.05) is 23.8 Å². The van der Waals surface area contributed by atoms with Crippen LogP contribution in [0.25, 0.3) is 0 Å². The third-order valence-electron chi connectivity index (χ3n) is 4.08. The summed E-state index contributed by atoms with van der Waals surface area (Å²) >= 11 is 0. The van der Waals surface area contributed by atoms with Crippen LogP contribution < -0.4 is 10.2 Å². The van der Waals surface area contributed by atoms with Crippen molar-refractivity contribution in [3.63, 3.8) is 0 Å². The normalized spacial score (nSPS) is 23.2. The molecule has 2 aliphatic rings. The molecule has 1 saturated heterocycles. The average molecular weight is 243 g/mol. The number of fused-ring (bicyclic) bond motifs is 1. The summed E-state index contributed by atoms with van der Waals surface area (Å²) in [7, 11) is 0. The molecule has 0 aliphatic carbocycles. The van der Waals surface area contributed by atoms with Crippen LogP contribution in [0.15, 0.2) is 24.3 Å². The Kier molecular flexibility index (Phi) is 3.33. The minimum Gasteiger partial charge on any atom is -0.365 e. The number of rotatable bonds is 3. The van der Waals surface area contributed by atoms with E-state index in [0.29, 0.717) is 6.04 Å². The lowest BCUT2D eigenvalue weighted by molar-refractivity contribution is 0.384. The highest BCUT2D eigenvalue weighted by molar-refractivity contribution is 6.10. The van der Waals surface area contributed by atoms with Gasteiger partial charge in [-0.05, 0) is 31.9 Å². The maximum atomic E-state index is 8.03. The number of anilines is 1. The molecule has 3 rings (SSSR count). The van der Waals surface area contributed by atoms with E-state index >= 15 is 0 Å². The summed E-state index contributed by atoms with van der Waals surface area (Å²) in [6.45, 7) is 3.03. The summed E-state index contributed by atoms with van der Waals surface area (Å²) in [5.74, 6) is 0. The van der Waals surface area contributed by atoms with E-state index < -0.39 is 0 Å². The zero-order valence-corrected chi connectivity index (χ0v) is 10.8. The van der Waals surface area contributed by atoms with Crippen molar-refractivity contribution in [1.82, 2.24) is 5.32 Å². The van der Waals surface area contributed by atoms with Gasteiger partial charge in [0.05, 0.1) is 12.3 Å². The van der Waals surface area contributed by atoms with Crippen LogP contribution in [-0.2, 0) is 0 Å². The number of para-hydroxylation sites is 1. The van der Waals surface area contributed by atoms with Crippen molar-refractivity contribution >= 4 is 11.4 Å². The number of hydrogen-bond acceptors (Lipinski definition) is 3. The van der Waals surface area contributed by atoms with Crippen LogP contribution >= 0.6 is 0 Å². The molecule has 3 heteroatoms. The number of benzene rings is 1. The number of nitrogens with zero attached hydrogens (tertiary/aromatic N) is 1. The lowest BCUT2D eigenvalue weighted by Gasteiger charge is -2.26. The molecule has 0 amide bonds. The molecule has 0 saturated carbocycles. The third-order valence-corrected chi connectivity index (χ3v) is 4.08. The maximum Gasteiger partial charge on any atom is 0.0602 e. The topological polar surface area (TPSA) is 39.1 Å². The summed E-state index contributed by atoms with van der Waals surface area (Å²) in [6, 6.07) is 8.99. The number of hydrogen-bond donors (Lipinski definition) is 2. The summed E-state index contributed by atoms with van der Waals surface area (Å²) < 4.78 is 0. The lowest BCUT2D eigenvalue weighted by atomic mass is 10.0. The summed E-state index contributed by atoms with van der Waals surface area (Å²) in [5, 5.41) is 11.6. The van der Waals surface area contributed by atoms with Crippen LogP contribution in [0.5, 0.6) is 0 Å². The Balaban J connectivity index is 1.62. The standard InChI is InChI=1S/C15H21N3/c16-14-11-18(15-7-2-1-6-13(14)15)10-8-12-5-3-4-9-17-12/h1-2,6-7,12,16-17H,3-5,8-11H2. The van der Waals surface area contributed by atoms with Gasteiger partial charge in [-0.25, -0.2) is 0 Å². The fourth-order valence-corrected chi connectivity index (χ4v) is 3.05. The van der Waals surface area contributed by atoms with Crippen molar-refractivity contribution < 1.29 is 0 Å². The molecule has 0 spiro atoms. The molecule has 0 radical (unpaired) electrons. The van der Waals surface area contributed by atoms with E-state index in [0.717, 1.165) is 24.4 Å². The molecule has 3 nitrogen and oxygen atoms in total. The molecular weight excluding hydrogens is 222 g/mol. The smallest absolute Gasteiger partial charge is 0.0602 e. The Bertz CT molecular complexity index is 435. The van der Waals surface area contributed by atoms with Gasteiger partial charge in [-0.1, -0.05) is 24.6 Å². The predicted octanol–water partition coefficient (Wildman–Crippen LogP) is 2.41. The predicted molar refractivity (Wildman–Crippen MR) is 75.7 cm³/mol. The molecule has 18 heavy (non-hydrogen) atoms. The first kappa shape index (κ1) is 11.7. The van der Waals surface area contributed by atoms with Crippen LogP contribution in [0.4, 0.5) is 5.69 Å². The summed E-state index contributed by atoms with van der Waals surface area (Å²) in [4.78, 5) is 2.36. The molecule has 1 aromatic rings. The van der Waals surface area contributed by atoms with E-state index in [9.17, 15) is 0 Å². The van der Waals surface area contributed by atoms with Gasteiger partial charge in [-0.15, -0.1) is 0 Å². The second-order valence-corrected chi connectivity index (χ2v) is 5.35. The fourth-order valence-electron chi connectivity index (χ4n) is 3.05. The Morgan fingerprint density at radius 3 is 3.00 bits per heavy atom. The molecule has 1 aromatic carbocycles. The monoisotopic (exact) mass is 243 g/mol. The molecule has 1 unspecified atom stereocenters. The third kappa shape index (κ3) is 2.27. The van der Waals surface area contributed by atoms with Crippen molar-refractivity contribution in [1.29, 1.82) is 5.41 Å². The first-order chi connectivity index (χ1) is 8.84. The molecule has 2 aliphatic heterocycles. The molecular formula is C15H21N3. The summed E-state index contributed by atoms with van der Waals surface area (Å²) in [6.07, 6.45) is 5.20. The zero-order valence-electron chi connectivity index (χ0n) is 10.8. The fraction of sp³-hybridized carbons (Fsp3) is 0.533. The minimum atomic E-state index is 0.681. The average Bonchev–Trinajstić information content (AvgIpc) is 2.75. The van der Waals surface area contributed by atoms with E-state index in [1.54, 1.807) is 0 Å². The van der Waals surface area contributed by atoms with Gasteiger partial charge < -0.3 is 15.6 Å². The van der Waals surface area contributed by atoms with Crippen molar-refractivity contribution in [2.75, 3.05) is 24.5 Å². The Morgan fingerprint density at radius 2 is 2.17 bits per heavy atom. The van der Waals surface area contributed by atoms with Crippen LogP contribution in [0.3, 0.4) is 0 Å². The van der Waals surface area contributed by atoms with E-state index in [4.69, 9.17) is 5.41 Å². The van der Waals surface area contributed by atoms with Gasteiger partial charge in [0.15, 0.2) is 0 Å². The van der Waals surface area contributed by atoms with Crippen molar-refractivity contribution in [2.45, 2.75) is 31.7 Å². The molecule has 1 fully saturated rings. The first-order valence-corrected chi connectivity index (χ1v) is 7.00. The van der Waals surface area contributed by atoms with Gasteiger partial charge in [0.2, 0.25) is 0 Å². The molecule has 0 bridgehead atoms. The van der Waals surface area contributed by atoms with E-state index in [1.807, 2.05) is 6.07 Å². The molecule has 2 N–H and O–H groups in total. The highest BCUT2D eigenvalue weighted by atomic mass is 15.2. The van der Waals surface area contributed by atoms with Crippen molar-refractivity contribution in [2.24, 2.45) is 0 Å². The van der Waals surface area contributed by atoms with E-state index in [-0.39, 0.29) is 0 Å². The Labute approximate surface area is 109 Å². The van der Waals surface area contributed by atoms with Crippen LogP contribution in [0.1, 0.15) is 31.2 Å².